The molecule has 0 radical (unpaired) electrons. The van der Waals surface area contributed by atoms with Gasteiger partial charge in [-0.3, -0.25) is 0 Å². The molecule has 0 amide bonds. The Morgan fingerprint density at radius 2 is 1.34 bits per heavy atom. The van der Waals surface area contributed by atoms with Gasteiger partial charge in [-0.2, -0.15) is 0 Å². The Hall–Kier alpha value is -1.93. The molecule has 0 spiro atoms. The fourth-order valence-corrected chi connectivity index (χ4v) is 15.0. The van der Waals surface area contributed by atoms with Crippen molar-refractivity contribution in [3.05, 3.63) is 98.6 Å². The van der Waals surface area contributed by atoms with Gasteiger partial charge in [-0.15, -0.1) is 45.8 Å². The summed E-state index contributed by atoms with van der Waals surface area (Å²) < 4.78 is 4.24. The van der Waals surface area contributed by atoms with E-state index in [1.54, 1.807) is 0 Å². The average molecular weight is 767 g/mol. The molecule has 0 nitrogen and oxygen atoms in total. The predicted molar refractivity (Wildman–Crippen MR) is 229 cm³/mol. The van der Waals surface area contributed by atoms with E-state index in [0.717, 1.165) is 18.3 Å². The molecule has 1 aliphatic heterocycles. The molecule has 6 aromatic rings. The first-order valence-electron chi connectivity index (χ1n) is 18.5. The minimum atomic E-state index is 0.520. The molecule has 0 N–H and O–H groups in total. The van der Waals surface area contributed by atoms with Gasteiger partial charge < -0.3 is 0 Å². The molecule has 3 aromatic carbocycles. The summed E-state index contributed by atoms with van der Waals surface area (Å²) in [6.45, 7) is 9.39. The highest BCUT2D eigenvalue weighted by atomic mass is 32.2. The monoisotopic (exact) mass is 766 g/mol. The number of rotatable bonds is 14. The Kier molecular flexibility index (Phi) is 10.9. The lowest BCUT2D eigenvalue weighted by molar-refractivity contribution is 0.488. The zero-order valence-corrected chi connectivity index (χ0v) is 34.5. The van der Waals surface area contributed by atoms with E-state index in [-0.39, 0.29) is 0 Å². The smallest absolute Gasteiger partial charge is 0.0649 e. The fraction of sp³-hybridized carbons (Fsp3) is 0.364. The van der Waals surface area contributed by atoms with Crippen LogP contribution in [-0.4, -0.2) is 5.25 Å². The van der Waals surface area contributed by atoms with Crippen molar-refractivity contribution in [1.29, 1.82) is 0 Å². The maximum atomic E-state index is 2.50. The Morgan fingerprint density at radius 3 is 2.02 bits per heavy atom. The number of fused-ring (bicyclic) bond motifs is 7. The molecule has 2 aliphatic rings. The summed E-state index contributed by atoms with van der Waals surface area (Å²) in [5.41, 5.74) is 4.44. The van der Waals surface area contributed by atoms with Crippen LogP contribution in [-0.2, 0) is 19.3 Å². The molecule has 3 atom stereocenters. The summed E-state index contributed by atoms with van der Waals surface area (Å²) in [5.74, 6) is 1.64. The molecule has 0 saturated heterocycles. The molecule has 6 heteroatoms. The number of thiophene rings is 3. The molecular weight excluding hydrogens is 721 g/mol. The molecule has 258 valence electrons. The highest BCUT2D eigenvalue weighted by Gasteiger charge is 2.34. The van der Waals surface area contributed by atoms with E-state index in [4.69, 9.17) is 0 Å². The van der Waals surface area contributed by atoms with Crippen LogP contribution >= 0.6 is 69.3 Å². The third-order valence-corrected chi connectivity index (χ3v) is 17.5. The van der Waals surface area contributed by atoms with E-state index in [0.29, 0.717) is 5.25 Å². The number of hydrogen-bond donors (Lipinski definition) is 0. The van der Waals surface area contributed by atoms with Crippen molar-refractivity contribution in [1.82, 2.24) is 0 Å². The first-order chi connectivity index (χ1) is 24.4. The summed E-state index contributed by atoms with van der Waals surface area (Å²) in [4.78, 5) is 8.77. The third-order valence-electron chi connectivity index (χ3n) is 10.3. The van der Waals surface area contributed by atoms with Gasteiger partial charge in [-0.05, 0) is 138 Å². The van der Waals surface area contributed by atoms with Crippen LogP contribution in [0.2, 0.25) is 0 Å². The maximum Gasteiger partial charge on any atom is 0.0649 e. The highest BCUT2D eigenvalue weighted by Crippen LogP contribution is 2.56. The van der Waals surface area contributed by atoms with Crippen LogP contribution < -0.4 is 0 Å². The van der Waals surface area contributed by atoms with E-state index in [2.05, 4.69) is 118 Å². The van der Waals surface area contributed by atoms with Crippen LogP contribution in [0.25, 0.3) is 32.5 Å². The van der Waals surface area contributed by atoms with Crippen molar-refractivity contribution >= 4 is 102 Å². The van der Waals surface area contributed by atoms with Crippen LogP contribution in [0.5, 0.6) is 0 Å². The number of aryl methyl sites for hydroxylation is 2. The van der Waals surface area contributed by atoms with E-state index in [9.17, 15) is 0 Å². The van der Waals surface area contributed by atoms with Gasteiger partial charge >= 0.3 is 0 Å². The van der Waals surface area contributed by atoms with Crippen molar-refractivity contribution in [3.63, 3.8) is 0 Å². The first kappa shape index (κ1) is 35.1. The second-order valence-electron chi connectivity index (χ2n) is 14.4. The van der Waals surface area contributed by atoms with Gasteiger partial charge in [-0.25, -0.2) is 0 Å². The average Bonchev–Trinajstić information content (AvgIpc) is 3.90. The summed E-state index contributed by atoms with van der Waals surface area (Å²) >= 11 is 11.9. The van der Waals surface area contributed by atoms with Crippen LogP contribution in [0.1, 0.15) is 92.0 Å². The number of thioether (sulfide) groups is 1. The van der Waals surface area contributed by atoms with Crippen molar-refractivity contribution < 1.29 is 0 Å². The normalized spacial score (nSPS) is 16.4. The predicted octanol–water partition coefficient (Wildman–Crippen LogP) is 15.8. The van der Waals surface area contributed by atoms with Crippen LogP contribution in [0.15, 0.2) is 95.9 Å². The zero-order valence-electron chi connectivity index (χ0n) is 29.6. The topological polar surface area (TPSA) is 0 Å². The third kappa shape index (κ3) is 7.72. The van der Waals surface area contributed by atoms with Crippen LogP contribution in [0.4, 0.5) is 0 Å². The van der Waals surface area contributed by atoms with Crippen molar-refractivity contribution in [3.8, 4) is 0 Å². The number of hydrogen-bond acceptors (Lipinski definition) is 6. The second kappa shape index (κ2) is 15.6. The summed E-state index contributed by atoms with van der Waals surface area (Å²) in [6, 6.07) is 28.5. The fourth-order valence-electron chi connectivity index (χ4n) is 7.54. The molecule has 0 bridgehead atoms. The number of benzene rings is 3. The summed E-state index contributed by atoms with van der Waals surface area (Å²) in [7, 11) is 0. The van der Waals surface area contributed by atoms with Gasteiger partial charge in [0.25, 0.3) is 0 Å². The van der Waals surface area contributed by atoms with E-state index >= 15 is 0 Å². The van der Waals surface area contributed by atoms with Gasteiger partial charge in [0, 0.05) is 44.7 Å². The Morgan fingerprint density at radius 1 is 0.680 bits per heavy atom. The van der Waals surface area contributed by atoms with E-state index < -0.39 is 0 Å². The zero-order chi connectivity index (χ0) is 34.2. The lowest BCUT2D eigenvalue weighted by Gasteiger charge is -2.20. The summed E-state index contributed by atoms with van der Waals surface area (Å²) in [6.07, 6.45) is 13.9. The van der Waals surface area contributed by atoms with Gasteiger partial charge in [0.1, 0.15) is 0 Å². The summed E-state index contributed by atoms with van der Waals surface area (Å²) in [5, 5.41) is 4.66. The molecule has 4 heterocycles. The minimum absolute atomic E-state index is 0.520. The lowest BCUT2D eigenvalue weighted by Crippen LogP contribution is -2.10. The van der Waals surface area contributed by atoms with Gasteiger partial charge in [0.05, 0.1) is 8.42 Å². The molecule has 3 aromatic heterocycles. The Labute approximate surface area is 323 Å². The molecule has 3 unspecified atom stereocenters. The van der Waals surface area contributed by atoms with Gasteiger partial charge in [0.2, 0.25) is 0 Å². The molecule has 0 saturated carbocycles. The molecule has 0 fully saturated rings. The Bertz CT molecular complexity index is 2160. The van der Waals surface area contributed by atoms with Gasteiger partial charge in [-0.1, -0.05) is 89.0 Å². The Balaban J connectivity index is 0.962. The molecule has 50 heavy (non-hydrogen) atoms. The highest BCUT2D eigenvalue weighted by molar-refractivity contribution is 8.01. The molecule has 8 rings (SSSR count). The largest absolute Gasteiger partial charge is 0.134 e. The lowest BCUT2D eigenvalue weighted by atomic mass is 9.91. The van der Waals surface area contributed by atoms with Crippen molar-refractivity contribution in [2.75, 3.05) is 0 Å². The molecular formula is C44H46S6. The maximum absolute atomic E-state index is 2.50. The van der Waals surface area contributed by atoms with Crippen molar-refractivity contribution in [2.45, 2.75) is 114 Å². The minimum Gasteiger partial charge on any atom is -0.134 e. The SMILES string of the molecule is CCCC(C)CCc1ccc(Sc2ccc3c(c2)CC2Sc4c(sc5cc6cc(Sc7ccc(CCC(C)CCC)s7)ccc6cc45)C2=C3)s1. The quantitative estimate of drug-likeness (QED) is 0.108. The van der Waals surface area contributed by atoms with E-state index in [1.807, 2.05) is 57.5 Å². The van der Waals surface area contributed by atoms with E-state index in [1.165, 1.54) is 127 Å². The van der Waals surface area contributed by atoms with Crippen LogP contribution in [0, 0.1) is 11.8 Å². The van der Waals surface area contributed by atoms with Crippen molar-refractivity contribution in [2.24, 2.45) is 11.8 Å². The molecule has 1 aliphatic carbocycles. The first-order valence-corrected chi connectivity index (χ1v) is 23.4. The second-order valence-corrected chi connectivity index (χ2v) is 21.7. The van der Waals surface area contributed by atoms with Crippen LogP contribution in [0.3, 0.4) is 0 Å². The standard InChI is InChI=1S/C44H46S6/c1-5-7-27(3)9-13-33-17-19-41(45-33)47-35-15-11-29-23-37-39(25-31(29)21-35)49-44-38-24-30-12-16-36(22-32(30)26-40(38)50-43(37)44)48-42-20-18-34(46-42)14-10-28(4)8-6-2/h11-12,15-25,27-28,40H,5-10,13-14,26H2,1-4H3. The van der Waals surface area contributed by atoms with Gasteiger partial charge in [0.15, 0.2) is 0 Å².